The summed E-state index contributed by atoms with van der Waals surface area (Å²) in [6.45, 7) is 0.934. The van der Waals surface area contributed by atoms with Gasteiger partial charge in [0, 0.05) is 18.9 Å². The number of rotatable bonds is 6. The van der Waals surface area contributed by atoms with Gasteiger partial charge in [-0.05, 0) is 18.6 Å². The molecule has 1 fully saturated rings. The van der Waals surface area contributed by atoms with Crippen molar-refractivity contribution in [1.82, 2.24) is 15.2 Å². The van der Waals surface area contributed by atoms with Gasteiger partial charge in [-0.15, -0.1) is 0 Å². The highest BCUT2D eigenvalue weighted by Gasteiger charge is 2.22. The molecule has 0 spiro atoms. The maximum atomic E-state index is 11.7. The molecule has 2 heterocycles. The second-order valence-corrected chi connectivity index (χ2v) is 4.61. The van der Waals surface area contributed by atoms with Crippen LogP contribution >= 0.6 is 0 Å². The molecule has 0 saturated carbocycles. The van der Waals surface area contributed by atoms with Gasteiger partial charge in [0.15, 0.2) is 0 Å². The van der Waals surface area contributed by atoms with E-state index in [1.165, 1.54) is 11.1 Å². The number of pyridine rings is 1. The zero-order chi connectivity index (χ0) is 15.8. The number of nitrogens with zero attached hydrogens (tertiary/aromatic N) is 2. The van der Waals surface area contributed by atoms with Gasteiger partial charge in [0.25, 0.3) is 5.91 Å². The van der Waals surface area contributed by atoms with Crippen molar-refractivity contribution in [2.45, 2.75) is 6.42 Å². The first-order valence-corrected chi connectivity index (χ1v) is 6.92. The van der Waals surface area contributed by atoms with Gasteiger partial charge in [0.2, 0.25) is 0 Å². The standard InChI is InChI=1S/C14H17N3O5/c18-12(10-17-6-2-7-22-14(17)20)21-8-5-16-13(19)11-3-1-4-15-9-11/h1,3-4,9H,2,5-8,10H2,(H,16,19). The summed E-state index contributed by atoms with van der Waals surface area (Å²) in [6, 6.07) is 3.29. The van der Waals surface area contributed by atoms with Crippen LogP contribution in [0.3, 0.4) is 0 Å². The summed E-state index contributed by atoms with van der Waals surface area (Å²) in [5, 5.41) is 2.61. The van der Waals surface area contributed by atoms with Gasteiger partial charge in [-0.2, -0.15) is 0 Å². The van der Waals surface area contributed by atoms with Crippen LogP contribution in [0.2, 0.25) is 0 Å². The van der Waals surface area contributed by atoms with Crippen LogP contribution in [0, 0.1) is 0 Å². The molecule has 0 radical (unpaired) electrons. The molecule has 0 aromatic carbocycles. The van der Waals surface area contributed by atoms with Crippen molar-refractivity contribution in [3.8, 4) is 0 Å². The lowest BCUT2D eigenvalue weighted by atomic mass is 10.3. The number of esters is 1. The van der Waals surface area contributed by atoms with E-state index >= 15 is 0 Å². The van der Waals surface area contributed by atoms with Crippen LogP contribution in [-0.4, -0.2) is 60.7 Å². The molecule has 1 aromatic heterocycles. The molecule has 1 aromatic rings. The fourth-order valence-corrected chi connectivity index (χ4v) is 1.87. The molecule has 8 nitrogen and oxygen atoms in total. The molecule has 0 atom stereocenters. The monoisotopic (exact) mass is 307 g/mol. The van der Waals surface area contributed by atoms with Gasteiger partial charge in [-0.3, -0.25) is 19.5 Å². The van der Waals surface area contributed by atoms with Crippen LogP contribution in [0.15, 0.2) is 24.5 Å². The van der Waals surface area contributed by atoms with Gasteiger partial charge in [0.1, 0.15) is 13.2 Å². The third-order valence-corrected chi connectivity index (χ3v) is 2.95. The first kappa shape index (κ1) is 15.7. The first-order valence-electron chi connectivity index (χ1n) is 6.92. The fraction of sp³-hybridized carbons (Fsp3) is 0.429. The molecular formula is C14H17N3O5. The summed E-state index contributed by atoms with van der Waals surface area (Å²) in [6.07, 6.45) is 3.21. The van der Waals surface area contributed by atoms with E-state index in [1.807, 2.05) is 0 Å². The van der Waals surface area contributed by atoms with E-state index in [0.29, 0.717) is 25.1 Å². The lowest BCUT2D eigenvalue weighted by molar-refractivity contribution is -0.144. The quantitative estimate of drug-likeness (QED) is 0.595. The summed E-state index contributed by atoms with van der Waals surface area (Å²) in [4.78, 5) is 39.7. The Morgan fingerprint density at radius 1 is 1.45 bits per heavy atom. The Hall–Kier alpha value is -2.64. The van der Waals surface area contributed by atoms with Crippen molar-refractivity contribution in [1.29, 1.82) is 0 Å². The normalized spacial score (nSPS) is 14.2. The second-order valence-electron chi connectivity index (χ2n) is 4.61. The van der Waals surface area contributed by atoms with Crippen molar-refractivity contribution in [2.75, 3.05) is 32.8 Å². The largest absolute Gasteiger partial charge is 0.462 e. The van der Waals surface area contributed by atoms with E-state index in [-0.39, 0.29) is 25.6 Å². The smallest absolute Gasteiger partial charge is 0.410 e. The molecule has 2 rings (SSSR count). The average Bonchev–Trinajstić information content (AvgIpc) is 2.54. The number of nitrogens with one attached hydrogen (secondary N) is 1. The molecule has 118 valence electrons. The Kier molecular flexibility index (Phi) is 5.70. The molecule has 0 unspecified atom stereocenters. The lowest BCUT2D eigenvalue weighted by Crippen LogP contribution is -2.41. The number of hydrogen-bond acceptors (Lipinski definition) is 6. The summed E-state index contributed by atoms with van der Waals surface area (Å²) in [5.41, 5.74) is 0.435. The van der Waals surface area contributed by atoms with Gasteiger partial charge in [-0.1, -0.05) is 0 Å². The molecule has 1 aliphatic rings. The van der Waals surface area contributed by atoms with Crippen LogP contribution in [0.5, 0.6) is 0 Å². The predicted octanol–water partition coefficient (Wildman–Crippen LogP) is 0.197. The molecule has 1 N–H and O–H groups in total. The van der Waals surface area contributed by atoms with Crippen molar-refractivity contribution in [3.05, 3.63) is 30.1 Å². The first-order chi connectivity index (χ1) is 10.7. The Labute approximate surface area is 127 Å². The van der Waals surface area contributed by atoms with Gasteiger partial charge in [0.05, 0.1) is 18.7 Å². The van der Waals surface area contributed by atoms with E-state index in [9.17, 15) is 14.4 Å². The maximum Gasteiger partial charge on any atom is 0.410 e. The van der Waals surface area contributed by atoms with E-state index in [1.54, 1.807) is 18.3 Å². The van der Waals surface area contributed by atoms with E-state index in [0.717, 1.165) is 0 Å². The number of amides is 2. The van der Waals surface area contributed by atoms with Crippen LogP contribution in [-0.2, 0) is 14.3 Å². The van der Waals surface area contributed by atoms with Crippen molar-refractivity contribution < 1.29 is 23.9 Å². The van der Waals surface area contributed by atoms with Crippen molar-refractivity contribution in [2.24, 2.45) is 0 Å². The fourth-order valence-electron chi connectivity index (χ4n) is 1.87. The zero-order valence-corrected chi connectivity index (χ0v) is 12.0. The van der Waals surface area contributed by atoms with Gasteiger partial charge >= 0.3 is 12.1 Å². The van der Waals surface area contributed by atoms with E-state index in [2.05, 4.69) is 10.3 Å². The summed E-state index contributed by atoms with van der Waals surface area (Å²) < 4.78 is 9.77. The Morgan fingerprint density at radius 3 is 3.05 bits per heavy atom. The highest BCUT2D eigenvalue weighted by molar-refractivity contribution is 5.93. The Balaban J connectivity index is 1.63. The molecule has 0 aliphatic carbocycles. The number of carbonyl (C=O) groups excluding carboxylic acids is 3. The number of aromatic nitrogens is 1. The minimum atomic E-state index is -0.533. The van der Waals surface area contributed by atoms with Crippen LogP contribution < -0.4 is 5.32 Å². The number of ether oxygens (including phenoxy) is 2. The number of carbonyl (C=O) groups is 3. The molecule has 1 saturated heterocycles. The minimum absolute atomic E-state index is 0.0354. The van der Waals surface area contributed by atoms with Gasteiger partial charge < -0.3 is 14.8 Å². The van der Waals surface area contributed by atoms with Crippen LogP contribution in [0.4, 0.5) is 4.79 Å². The third kappa shape index (κ3) is 4.72. The molecule has 2 amide bonds. The third-order valence-electron chi connectivity index (χ3n) is 2.95. The predicted molar refractivity (Wildman–Crippen MR) is 75.1 cm³/mol. The summed E-state index contributed by atoms with van der Waals surface area (Å²) >= 11 is 0. The maximum absolute atomic E-state index is 11.7. The Bertz CT molecular complexity index is 535. The van der Waals surface area contributed by atoms with Gasteiger partial charge in [-0.25, -0.2) is 4.79 Å². The highest BCUT2D eigenvalue weighted by atomic mass is 16.6. The Morgan fingerprint density at radius 2 is 2.32 bits per heavy atom. The lowest BCUT2D eigenvalue weighted by Gasteiger charge is -2.25. The number of cyclic esters (lactones) is 1. The van der Waals surface area contributed by atoms with Crippen LogP contribution in [0.1, 0.15) is 16.8 Å². The molecule has 0 bridgehead atoms. The average molecular weight is 307 g/mol. The van der Waals surface area contributed by atoms with Crippen LogP contribution in [0.25, 0.3) is 0 Å². The van der Waals surface area contributed by atoms with Crippen molar-refractivity contribution in [3.63, 3.8) is 0 Å². The SMILES string of the molecule is O=C(CN1CCCOC1=O)OCCNC(=O)c1cccnc1. The summed E-state index contributed by atoms with van der Waals surface area (Å²) in [7, 11) is 0. The molecule has 1 aliphatic heterocycles. The van der Waals surface area contributed by atoms with Crippen molar-refractivity contribution >= 4 is 18.0 Å². The highest BCUT2D eigenvalue weighted by Crippen LogP contribution is 2.04. The molecular weight excluding hydrogens is 290 g/mol. The zero-order valence-electron chi connectivity index (χ0n) is 12.0. The minimum Gasteiger partial charge on any atom is -0.462 e. The van der Waals surface area contributed by atoms with E-state index < -0.39 is 12.1 Å². The topological polar surface area (TPSA) is 97.8 Å². The molecule has 22 heavy (non-hydrogen) atoms. The number of hydrogen-bond donors (Lipinski definition) is 1. The second kappa shape index (κ2) is 7.96. The van der Waals surface area contributed by atoms with E-state index in [4.69, 9.17) is 9.47 Å². The molecule has 8 heteroatoms. The summed E-state index contributed by atoms with van der Waals surface area (Å²) in [5.74, 6) is -0.821.